The Labute approximate surface area is 124 Å². The predicted molar refractivity (Wildman–Crippen MR) is 88.4 cm³/mol. The highest BCUT2D eigenvalue weighted by Crippen LogP contribution is 2.33. The van der Waals surface area contributed by atoms with Crippen molar-refractivity contribution in [1.29, 1.82) is 0 Å². The van der Waals surface area contributed by atoms with E-state index in [-0.39, 0.29) is 0 Å². The first kappa shape index (κ1) is 15.4. The summed E-state index contributed by atoms with van der Waals surface area (Å²) in [7, 11) is 2.07. The van der Waals surface area contributed by atoms with Gasteiger partial charge in [0.15, 0.2) is 0 Å². The minimum absolute atomic E-state index is 0.462. The molecule has 2 heteroatoms. The van der Waals surface area contributed by atoms with Gasteiger partial charge in [0.1, 0.15) is 0 Å². The molecule has 1 aliphatic carbocycles. The van der Waals surface area contributed by atoms with Crippen molar-refractivity contribution in [2.45, 2.75) is 64.5 Å². The summed E-state index contributed by atoms with van der Waals surface area (Å²) in [5.41, 5.74) is 2.91. The van der Waals surface area contributed by atoms with Gasteiger partial charge in [0, 0.05) is 24.3 Å². The summed E-state index contributed by atoms with van der Waals surface area (Å²) >= 11 is 0. The fourth-order valence-corrected chi connectivity index (χ4v) is 3.64. The van der Waals surface area contributed by atoms with Crippen LogP contribution in [0.3, 0.4) is 0 Å². The summed E-state index contributed by atoms with van der Waals surface area (Å²) in [5.74, 6) is 0. The molecule has 2 nitrogen and oxygen atoms in total. The third-order valence-corrected chi connectivity index (χ3v) is 4.73. The van der Waals surface area contributed by atoms with Crippen molar-refractivity contribution in [3.8, 4) is 0 Å². The van der Waals surface area contributed by atoms with Crippen molar-refractivity contribution in [3.63, 3.8) is 0 Å². The van der Waals surface area contributed by atoms with E-state index >= 15 is 0 Å². The number of hydrogen-bond donors (Lipinski definition) is 1. The Morgan fingerprint density at radius 3 is 2.45 bits per heavy atom. The first-order valence-corrected chi connectivity index (χ1v) is 8.34. The molecule has 2 rings (SSSR count). The molecule has 1 atom stereocenters. The van der Waals surface area contributed by atoms with E-state index in [2.05, 4.69) is 55.4 Å². The Hall–Kier alpha value is -1.02. The molecule has 1 fully saturated rings. The number of rotatable bonds is 6. The molecule has 112 valence electrons. The van der Waals surface area contributed by atoms with Crippen LogP contribution < -0.4 is 10.2 Å². The first-order valence-electron chi connectivity index (χ1n) is 8.34. The number of nitrogens with one attached hydrogen (secondary N) is 1. The van der Waals surface area contributed by atoms with Crippen LogP contribution in [-0.2, 0) is 0 Å². The maximum Gasteiger partial charge on any atom is 0.0417 e. The van der Waals surface area contributed by atoms with Crippen molar-refractivity contribution >= 4 is 5.69 Å². The van der Waals surface area contributed by atoms with Crippen LogP contribution in [0.1, 0.15) is 64.0 Å². The molecule has 20 heavy (non-hydrogen) atoms. The molecule has 0 bridgehead atoms. The lowest BCUT2D eigenvalue weighted by Gasteiger charge is -2.37. The van der Waals surface area contributed by atoms with Gasteiger partial charge in [-0.05, 0) is 44.9 Å². The van der Waals surface area contributed by atoms with E-state index in [1.165, 1.54) is 43.4 Å². The van der Waals surface area contributed by atoms with Gasteiger partial charge in [-0.25, -0.2) is 0 Å². The maximum absolute atomic E-state index is 3.46. The van der Waals surface area contributed by atoms with Gasteiger partial charge in [0.05, 0.1) is 0 Å². The Kier molecular flexibility index (Phi) is 5.90. The van der Waals surface area contributed by atoms with Crippen molar-refractivity contribution in [2.24, 2.45) is 0 Å². The number of hydrogen-bond acceptors (Lipinski definition) is 2. The molecule has 0 amide bonds. The lowest BCUT2D eigenvalue weighted by atomic mass is 9.92. The molecule has 0 radical (unpaired) electrons. The largest absolute Gasteiger partial charge is 0.369 e. The monoisotopic (exact) mass is 274 g/mol. The average molecular weight is 274 g/mol. The molecule has 0 saturated heterocycles. The molecule has 1 N–H and O–H groups in total. The Morgan fingerprint density at radius 1 is 1.15 bits per heavy atom. The van der Waals surface area contributed by atoms with Crippen LogP contribution in [0.5, 0.6) is 0 Å². The lowest BCUT2D eigenvalue weighted by molar-refractivity contribution is 0.416. The molecule has 0 aliphatic heterocycles. The van der Waals surface area contributed by atoms with Gasteiger partial charge in [-0.1, -0.05) is 44.4 Å². The van der Waals surface area contributed by atoms with Gasteiger partial charge >= 0.3 is 0 Å². The second kappa shape index (κ2) is 7.68. The zero-order valence-corrected chi connectivity index (χ0v) is 13.4. The maximum atomic E-state index is 3.46. The van der Waals surface area contributed by atoms with Gasteiger partial charge < -0.3 is 10.2 Å². The average Bonchev–Trinajstić information content (AvgIpc) is 2.52. The third-order valence-electron chi connectivity index (χ3n) is 4.73. The van der Waals surface area contributed by atoms with Crippen molar-refractivity contribution in [3.05, 3.63) is 29.8 Å². The molecular weight excluding hydrogens is 244 g/mol. The smallest absolute Gasteiger partial charge is 0.0417 e. The highest BCUT2D eigenvalue weighted by atomic mass is 15.2. The van der Waals surface area contributed by atoms with Gasteiger partial charge in [0.2, 0.25) is 0 Å². The van der Waals surface area contributed by atoms with Gasteiger partial charge in [-0.2, -0.15) is 0 Å². The lowest BCUT2D eigenvalue weighted by Crippen LogP contribution is -2.37. The Bertz CT molecular complexity index is 392. The number of anilines is 1. The zero-order chi connectivity index (χ0) is 14.4. The SMILES string of the molecule is CCC(NC)c1ccccc1N(CC)C1CCCCC1. The predicted octanol–water partition coefficient (Wildman–Crippen LogP) is 4.52. The highest BCUT2D eigenvalue weighted by molar-refractivity contribution is 5.56. The van der Waals surface area contributed by atoms with E-state index in [9.17, 15) is 0 Å². The van der Waals surface area contributed by atoms with Gasteiger partial charge in [0.25, 0.3) is 0 Å². The van der Waals surface area contributed by atoms with E-state index < -0.39 is 0 Å². The normalized spacial score (nSPS) is 17.9. The van der Waals surface area contributed by atoms with Gasteiger partial charge in [-0.3, -0.25) is 0 Å². The number of nitrogens with zero attached hydrogens (tertiary/aromatic N) is 1. The first-order chi connectivity index (χ1) is 9.81. The van der Waals surface area contributed by atoms with E-state index in [1.54, 1.807) is 0 Å². The molecule has 1 unspecified atom stereocenters. The van der Waals surface area contributed by atoms with Crippen molar-refractivity contribution in [2.75, 3.05) is 18.5 Å². The summed E-state index contributed by atoms with van der Waals surface area (Å²) in [5, 5.41) is 3.46. The quantitative estimate of drug-likeness (QED) is 0.820. The summed E-state index contributed by atoms with van der Waals surface area (Å²) < 4.78 is 0. The van der Waals surface area contributed by atoms with E-state index in [0.29, 0.717) is 6.04 Å². The highest BCUT2D eigenvalue weighted by Gasteiger charge is 2.23. The van der Waals surface area contributed by atoms with Crippen LogP contribution in [0, 0.1) is 0 Å². The summed E-state index contributed by atoms with van der Waals surface area (Å²) in [6.45, 7) is 5.67. The molecule has 0 heterocycles. The molecular formula is C18H30N2. The Balaban J connectivity index is 2.28. The molecule has 0 aromatic heterocycles. The second-order valence-corrected chi connectivity index (χ2v) is 5.89. The van der Waals surface area contributed by atoms with Gasteiger partial charge in [-0.15, -0.1) is 0 Å². The topological polar surface area (TPSA) is 15.3 Å². The van der Waals surface area contributed by atoms with Crippen LogP contribution in [-0.4, -0.2) is 19.6 Å². The van der Waals surface area contributed by atoms with Crippen LogP contribution in [0.25, 0.3) is 0 Å². The molecule has 1 aliphatic rings. The minimum Gasteiger partial charge on any atom is -0.369 e. The van der Waals surface area contributed by atoms with E-state index in [0.717, 1.165) is 19.0 Å². The van der Waals surface area contributed by atoms with Crippen molar-refractivity contribution in [1.82, 2.24) is 5.32 Å². The van der Waals surface area contributed by atoms with E-state index in [4.69, 9.17) is 0 Å². The fourth-order valence-electron chi connectivity index (χ4n) is 3.64. The zero-order valence-electron chi connectivity index (χ0n) is 13.4. The second-order valence-electron chi connectivity index (χ2n) is 5.89. The Morgan fingerprint density at radius 2 is 1.85 bits per heavy atom. The fraction of sp³-hybridized carbons (Fsp3) is 0.667. The van der Waals surface area contributed by atoms with Crippen molar-refractivity contribution < 1.29 is 0 Å². The molecule has 1 aromatic rings. The molecule has 0 spiro atoms. The summed E-state index contributed by atoms with van der Waals surface area (Å²) in [6, 6.07) is 10.2. The third kappa shape index (κ3) is 3.35. The standard InChI is InChI=1S/C18H30N2/c1-4-17(19-3)16-13-9-10-14-18(16)20(5-2)15-11-7-6-8-12-15/h9-10,13-15,17,19H,4-8,11-12H2,1-3H3. The number of benzene rings is 1. The van der Waals surface area contributed by atoms with Crippen LogP contribution in [0.15, 0.2) is 24.3 Å². The van der Waals surface area contributed by atoms with Crippen LogP contribution >= 0.6 is 0 Å². The summed E-state index contributed by atoms with van der Waals surface area (Å²) in [6.07, 6.45) is 8.07. The minimum atomic E-state index is 0.462. The van der Waals surface area contributed by atoms with Crippen LogP contribution in [0.2, 0.25) is 0 Å². The van der Waals surface area contributed by atoms with Crippen LogP contribution in [0.4, 0.5) is 5.69 Å². The molecule has 1 aromatic carbocycles. The molecule has 1 saturated carbocycles. The summed E-state index contributed by atoms with van der Waals surface area (Å²) in [4.78, 5) is 2.65. The number of para-hydroxylation sites is 1. The van der Waals surface area contributed by atoms with E-state index in [1.807, 2.05) is 0 Å².